The quantitative estimate of drug-likeness (QED) is 0.638. The molecule has 0 fully saturated rings. The highest BCUT2D eigenvalue weighted by Gasteiger charge is 2.16. The topological polar surface area (TPSA) is 55.6 Å². The largest absolute Gasteiger partial charge is 0.468 e. The third kappa shape index (κ3) is 6.80. The molecule has 0 aliphatic rings. The Morgan fingerprint density at radius 1 is 1.44 bits per heavy atom. The molecule has 0 aliphatic heterocycles. The Bertz CT molecular complexity index is 205. The van der Waals surface area contributed by atoms with Crippen LogP contribution in [0.2, 0.25) is 0 Å². The average molecular weight is 230 g/mol. The standard InChI is InChI=1S/C12H26N2O2/c1-5-14(9-11(15)16-4)8-6-7-12(2,3)10-13/h5-10,13H2,1-4H3. The minimum absolute atomic E-state index is 0.167. The number of ether oxygens (including phenoxy) is 1. The van der Waals surface area contributed by atoms with E-state index in [4.69, 9.17) is 5.73 Å². The van der Waals surface area contributed by atoms with E-state index in [2.05, 4.69) is 30.4 Å². The van der Waals surface area contributed by atoms with Crippen LogP contribution in [-0.4, -0.2) is 44.2 Å². The average Bonchev–Trinajstić information content (AvgIpc) is 2.27. The number of methoxy groups -OCH3 is 1. The van der Waals surface area contributed by atoms with Crippen molar-refractivity contribution in [1.82, 2.24) is 4.90 Å². The fourth-order valence-electron chi connectivity index (χ4n) is 1.48. The Morgan fingerprint density at radius 2 is 2.06 bits per heavy atom. The van der Waals surface area contributed by atoms with Crippen LogP contribution in [0.5, 0.6) is 0 Å². The summed E-state index contributed by atoms with van der Waals surface area (Å²) in [5.41, 5.74) is 5.87. The molecule has 0 spiro atoms. The first kappa shape index (κ1) is 15.4. The molecule has 0 saturated carbocycles. The summed E-state index contributed by atoms with van der Waals surface area (Å²) in [5, 5.41) is 0. The predicted molar refractivity (Wildman–Crippen MR) is 66.2 cm³/mol. The van der Waals surface area contributed by atoms with Gasteiger partial charge in [-0.25, -0.2) is 0 Å². The highest BCUT2D eigenvalue weighted by molar-refractivity contribution is 5.71. The Labute approximate surface area is 99.1 Å². The summed E-state index contributed by atoms with van der Waals surface area (Å²) >= 11 is 0. The van der Waals surface area contributed by atoms with Gasteiger partial charge in [0.15, 0.2) is 0 Å². The molecule has 0 amide bonds. The van der Waals surface area contributed by atoms with Gasteiger partial charge in [-0.2, -0.15) is 0 Å². The van der Waals surface area contributed by atoms with E-state index >= 15 is 0 Å². The minimum Gasteiger partial charge on any atom is -0.468 e. The van der Waals surface area contributed by atoms with Gasteiger partial charge < -0.3 is 10.5 Å². The first-order chi connectivity index (χ1) is 7.45. The SMILES string of the molecule is CCN(CCCC(C)(C)CN)CC(=O)OC. The number of likely N-dealkylation sites (N-methyl/N-ethyl adjacent to an activating group) is 1. The second-order valence-corrected chi connectivity index (χ2v) is 4.92. The van der Waals surface area contributed by atoms with Crippen molar-refractivity contribution in [1.29, 1.82) is 0 Å². The van der Waals surface area contributed by atoms with Crippen molar-refractivity contribution in [3.8, 4) is 0 Å². The zero-order valence-electron chi connectivity index (χ0n) is 11.1. The molecule has 4 nitrogen and oxygen atoms in total. The van der Waals surface area contributed by atoms with Crippen molar-refractivity contribution in [2.24, 2.45) is 11.1 Å². The van der Waals surface area contributed by atoms with Crippen LogP contribution in [0, 0.1) is 5.41 Å². The third-order valence-corrected chi connectivity index (χ3v) is 2.91. The summed E-state index contributed by atoms with van der Waals surface area (Å²) in [6.07, 6.45) is 2.15. The third-order valence-electron chi connectivity index (χ3n) is 2.91. The van der Waals surface area contributed by atoms with Crippen LogP contribution in [0.1, 0.15) is 33.6 Å². The maximum atomic E-state index is 11.1. The maximum Gasteiger partial charge on any atom is 0.319 e. The van der Waals surface area contributed by atoms with Gasteiger partial charge in [0.05, 0.1) is 13.7 Å². The first-order valence-corrected chi connectivity index (χ1v) is 5.94. The van der Waals surface area contributed by atoms with Crippen LogP contribution in [0.15, 0.2) is 0 Å². The molecule has 0 radical (unpaired) electrons. The number of carbonyl (C=O) groups is 1. The van der Waals surface area contributed by atoms with E-state index in [1.54, 1.807) is 0 Å². The summed E-state index contributed by atoms with van der Waals surface area (Å²) in [6.45, 7) is 9.28. The van der Waals surface area contributed by atoms with Gasteiger partial charge in [0.25, 0.3) is 0 Å². The molecule has 0 aromatic heterocycles. The number of carbonyl (C=O) groups excluding carboxylic acids is 1. The molecule has 0 aromatic carbocycles. The van der Waals surface area contributed by atoms with Gasteiger partial charge in [-0.3, -0.25) is 9.69 Å². The summed E-state index contributed by atoms with van der Waals surface area (Å²) in [5.74, 6) is -0.167. The number of nitrogens with two attached hydrogens (primary N) is 1. The minimum atomic E-state index is -0.167. The molecule has 0 bridgehead atoms. The van der Waals surface area contributed by atoms with Gasteiger partial charge in [0, 0.05) is 0 Å². The van der Waals surface area contributed by atoms with Gasteiger partial charge in [-0.15, -0.1) is 0 Å². The van der Waals surface area contributed by atoms with E-state index in [1.807, 2.05) is 0 Å². The van der Waals surface area contributed by atoms with Crippen molar-refractivity contribution in [3.63, 3.8) is 0 Å². The predicted octanol–water partition coefficient (Wildman–Crippen LogP) is 1.25. The molecular weight excluding hydrogens is 204 g/mol. The number of hydrogen-bond acceptors (Lipinski definition) is 4. The highest BCUT2D eigenvalue weighted by atomic mass is 16.5. The van der Waals surface area contributed by atoms with E-state index in [9.17, 15) is 4.79 Å². The second-order valence-electron chi connectivity index (χ2n) is 4.92. The Kier molecular flexibility index (Phi) is 7.34. The molecule has 0 unspecified atom stereocenters. The molecule has 96 valence electrons. The molecule has 0 aromatic rings. The van der Waals surface area contributed by atoms with Gasteiger partial charge >= 0.3 is 5.97 Å². The van der Waals surface area contributed by atoms with Crippen molar-refractivity contribution in [3.05, 3.63) is 0 Å². The smallest absolute Gasteiger partial charge is 0.319 e. The summed E-state index contributed by atoms with van der Waals surface area (Å²) in [6, 6.07) is 0. The molecular formula is C12H26N2O2. The molecule has 4 heteroatoms. The van der Waals surface area contributed by atoms with Crippen LogP contribution in [-0.2, 0) is 9.53 Å². The second kappa shape index (κ2) is 7.63. The number of rotatable bonds is 8. The molecule has 0 saturated heterocycles. The normalized spacial score (nSPS) is 11.9. The number of esters is 1. The van der Waals surface area contributed by atoms with E-state index in [1.165, 1.54) is 7.11 Å². The van der Waals surface area contributed by atoms with Crippen molar-refractivity contribution in [2.75, 3.05) is 33.3 Å². The Hall–Kier alpha value is -0.610. The summed E-state index contributed by atoms with van der Waals surface area (Å²) in [7, 11) is 1.42. The van der Waals surface area contributed by atoms with Crippen LogP contribution < -0.4 is 5.73 Å². The summed E-state index contributed by atoms with van der Waals surface area (Å²) in [4.78, 5) is 13.2. The van der Waals surface area contributed by atoms with Gasteiger partial charge in [-0.1, -0.05) is 20.8 Å². The van der Waals surface area contributed by atoms with E-state index in [0.29, 0.717) is 13.1 Å². The zero-order chi connectivity index (χ0) is 12.6. The highest BCUT2D eigenvalue weighted by Crippen LogP contribution is 2.20. The lowest BCUT2D eigenvalue weighted by molar-refractivity contribution is -0.141. The van der Waals surface area contributed by atoms with Crippen LogP contribution >= 0.6 is 0 Å². The molecule has 0 rings (SSSR count). The molecule has 0 aliphatic carbocycles. The summed E-state index contributed by atoms with van der Waals surface area (Å²) < 4.78 is 4.65. The Morgan fingerprint density at radius 3 is 2.50 bits per heavy atom. The maximum absolute atomic E-state index is 11.1. The molecule has 0 heterocycles. The molecule has 0 atom stereocenters. The van der Waals surface area contributed by atoms with Crippen molar-refractivity contribution >= 4 is 5.97 Å². The monoisotopic (exact) mass is 230 g/mol. The zero-order valence-corrected chi connectivity index (χ0v) is 11.1. The number of nitrogens with zero attached hydrogens (tertiary/aromatic N) is 1. The molecule has 16 heavy (non-hydrogen) atoms. The van der Waals surface area contributed by atoms with Crippen LogP contribution in [0.3, 0.4) is 0 Å². The van der Waals surface area contributed by atoms with E-state index < -0.39 is 0 Å². The van der Waals surface area contributed by atoms with E-state index in [-0.39, 0.29) is 11.4 Å². The van der Waals surface area contributed by atoms with Gasteiger partial charge in [0.1, 0.15) is 0 Å². The van der Waals surface area contributed by atoms with E-state index in [0.717, 1.165) is 25.9 Å². The number of hydrogen-bond donors (Lipinski definition) is 1. The fraction of sp³-hybridized carbons (Fsp3) is 0.917. The van der Waals surface area contributed by atoms with Gasteiger partial charge in [-0.05, 0) is 37.9 Å². The molecule has 2 N–H and O–H groups in total. The lowest BCUT2D eigenvalue weighted by Gasteiger charge is -2.24. The lowest BCUT2D eigenvalue weighted by Crippen LogP contribution is -2.32. The van der Waals surface area contributed by atoms with Crippen molar-refractivity contribution < 1.29 is 9.53 Å². The Balaban J connectivity index is 3.83. The van der Waals surface area contributed by atoms with Gasteiger partial charge in [0.2, 0.25) is 0 Å². The van der Waals surface area contributed by atoms with Crippen molar-refractivity contribution in [2.45, 2.75) is 33.6 Å². The first-order valence-electron chi connectivity index (χ1n) is 5.94. The van der Waals surface area contributed by atoms with Crippen LogP contribution in [0.25, 0.3) is 0 Å². The van der Waals surface area contributed by atoms with Crippen LogP contribution in [0.4, 0.5) is 0 Å². The lowest BCUT2D eigenvalue weighted by atomic mass is 9.88. The fourth-order valence-corrected chi connectivity index (χ4v) is 1.48.